The Morgan fingerprint density at radius 2 is 2.12 bits per heavy atom. The first-order chi connectivity index (χ1) is 7.54. The van der Waals surface area contributed by atoms with Crippen LogP contribution in [0.3, 0.4) is 0 Å². The lowest BCUT2D eigenvalue weighted by Crippen LogP contribution is -2.11. The molecule has 0 spiro atoms. The largest absolute Gasteiger partial charge is 0.361 e. The number of hydrogen-bond donors (Lipinski definition) is 0. The Morgan fingerprint density at radius 3 is 2.75 bits per heavy atom. The van der Waals surface area contributed by atoms with Gasteiger partial charge >= 0.3 is 5.71 Å². The number of halogens is 1. The van der Waals surface area contributed by atoms with Crippen molar-refractivity contribution in [1.82, 2.24) is 0 Å². The molecule has 0 fully saturated rings. The van der Waals surface area contributed by atoms with E-state index in [-0.39, 0.29) is 4.90 Å². The van der Waals surface area contributed by atoms with Gasteiger partial charge in [0.05, 0.1) is 10.5 Å². The summed E-state index contributed by atoms with van der Waals surface area (Å²) < 4.78 is 22.7. The van der Waals surface area contributed by atoms with Gasteiger partial charge in [0.25, 0.3) is 9.05 Å². The maximum Gasteiger partial charge on any atom is 0.322 e. The fraction of sp³-hybridized carbons (Fsp3) is 0.100. The normalized spacial score (nSPS) is 14.4. The summed E-state index contributed by atoms with van der Waals surface area (Å²) in [6.45, 7) is 0. The minimum atomic E-state index is -3.77. The minimum absolute atomic E-state index is 0.0668. The predicted octanol–water partition coefficient (Wildman–Crippen LogP) is 1.75. The molecule has 0 aliphatic heterocycles. The monoisotopic (exact) mass is 254 g/mol. The Kier molecular flexibility index (Phi) is 2.68. The van der Waals surface area contributed by atoms with E-state index in [9.17, 15) is 8.42 Å². The van der Waals surface area contributed by atoms with E-state index in [4.69, 9.17) is 16.2 Å². The molecule has 4 nitrogen and oxygen atoms in total. The van der Waals surface area contributed by atoms with Gasteiger partial charge in [0.15, 0.2) is 0 Å². The third-order valence-electron chi connectivity index (χ3n) is 2.38. The van der Waals surface area contributed by atoms with Crippen molar-refractivity contribution in [3.05, 3.63) is 47.0 Å². The van der Waals surface area contributed by atoms with Crippen LogP contribution in [0.2, 0.25) is 0 Å². The standard InChI is InChI=1S/C10H7ClN2O2S/c11-16(14,15)10-6-2-3-7-8(10)4-1-5-9(7)13-12/h1-3,5-6H,4H2. The Labute approximate surface area is 97.2 Å². The molecule has 0 saturated heterocycles. The van der Waals surface area contributed by atoms with E-state index >= 15 is 0 Å². The van der Waals surface area contributed by atoms with Crippen LogP contribution in [-0.4, -0.2) is 18.9 Å². The van der Waals surface area contributed by atoms with E-state index in [1.54, 1.807) is 24.3 Å². The molecule has 0 unspecified atom stereocenters. The zero-order valence-electron chi connectivity index (χ0n) is 8.09. The van der Waals surface area contributed by atoms with Gasteiger partial charge < -0.3 is 5.53 Å². The molecule has 0 heterocycles. The van der Waals surface area contributed by atoms with Gasteiger partial charge in [0.2, 0.25) is 0 Å². The van der Waals surface area contributed by atoms with Crippen LogP contribution in [0.25, 0.3) is 5.53 Å². The minimum Gasteiger partial charge on any atom is -0.361 e. The van der Waals surface area contributed by atoms with E-state index < -0.39 is 9.05 Å². The van der Waals surface area contributed by atoms with Gasteiger partial charge in [-0.1, -0.05) is 12.1 Å². The first-order valence-electron chi connectivity index (χ1n) is 4.49. The molecule has 0 saturated carbocycles. The number of benzene rings is 1. The van der Waals surface area contributed by atoms with Crippen molar-refractivity contribution in [3.63, 3.8) is 0 Å². The summed E-state index contributed by atoms with van der Waals surface area (Å²) >= 11 is 0. The number of rotatable bonds is 1. The van der Waals surface area contributed by atoms with Crippen LogP contribution in [0.1, 0.15) is 11.1 Å². The zero-order valence-corrected chi connectivity index (χ0v) is 9.66. The van der Waals surface area contributed by atoms with Crippen LogP contribution < -0.4 is 0 Å². The van der Waals surface area contributed by atoms with Crippen molar-refractivity contribution in [2.45, 2.75) is 11.3 Å². The maximum absolute atomic E-state index is 11.3. The van der Waals surface area contributed by atoms with Crippen molar-refractivity contribution in [2.75, 3.05) is 0 Å². The molecule has 0 N–H and O–H groups in total. The van der Waals surface area contributed by atoms with Gasteiger partial charge in [-0.3, -0.25) is 0 Å². The average Bonchev–Trinajstić information content (AvgIpc) is 2.26. The summed E-state index contributed by atoms with van der Waals surface area (Å²) in [5, 5.41) is 0. The molecule has 0 bridgehead atoms. The van der Waals surface area contributed by atoms with Gasteiger partial charge in [0, 0.05) is 16.8 Å². The molecule has 1 aliphatic rings. The summed E-state index contributed by atoms with van der Waals surface area (Å²) in [7, 11) is 1.56. The van der Waals surface area contributed by atoms with E-state index in [0.29, 0.717) is 23.3 Å². The number of nitrogens with zero attached hydrogens (tertiary/aromatic N) is 2. The molecule has 0 aromatic heterocycles. The van der Waals surface area contributed by atoms with Crippen molar-refractivity contribution in [3.8, 4) is 0 Å². The predicted molar refractivity (Wildman–Crippen MR) is 60.1 cm³/mol. The Bertz CT molecular complexity index is 628. The molecule has 16 heavy (non-hydrogen) atoms. The highest BCUT2D eigenvalue weighted by Gasteiger charge is 2.24. The fourth-order valence-corrected chi connectivity index (χ4v) is 2.87. The fourth-order valence-electron chi connectivity index (χ4n) is 1.71. The maximum atomic E-state index is 11.3. The van der Waals surface area contributed by atoms with Crippen LogP contribution in [0, 0.1) is 0 Å². The quantitative estimate of drug-likeness (QED) is 0.435. The smallest absolute Gasteiger partial charge is 0.322 e. The van der Waals surface area contributed by atoms with Crippen LogP contribution in [0.5, 0.6) is 0 Å². The van der Waals surface area contributed by atoms with Crippen molar-refractivity contribution < 1.29 is 13.2 Å². The van der Waals surface area contributed by atoms with E-state index in [1.807, 2.05) is 0 Å². The summed E-state index contributed by atoms with van der Waals surface area (Å²) in [4.78, 5) is 3.17. The number of fused-ring (bicyclic) bond motifs is 1. The van der Waals surface area contributed by atoms with Crippen LogP contribution in [-0.2, 0) is 15.5 Å². The molecule has 0 radical (unpaired) electrons. The van der Waals surface area contributed by atoms with Gasteiger partial charge in [-0.15, -0.1) is 0 Å². The first-order valence-corrected chi connectivity index (χ1v) is 6.80. The highest BCUT2D eigenvalue weighted by atomic mass is 35.7. The molecule has 82 valence electrons. The second-order valence-corrected chi connectivity index (χ2v) is 5.85. The lowest BCUT2D eigenvalue weighted by atomic mass is 9.95. The molecule has 1 aromatic carbocycles. The Hall–Kier alpha value is -1.42. The van der Waals surface area contributed by atoms with Crippen molar-refractivity contribution in [2.24, 2.45) is 0 Å². The lowest BCUT2D eigenvalue weighted by molar-refractivity contribution is -0.00235. The third-order valence-corrected chi connectivity index (χ3v) is 3.78. The average molecular weight is 255 g/mol. The lowest BCUT2D eigenvalue weighted by Gasteiger charge is -2.10. The second kappa shape index (κ2) is 3.87. The summed E-state index contributed by atoms with van der Waals surface area (Å²) in [5.41, 5.74) is 10.3. The van der Waals surface area contributed by atoms with Crippen LogP contribution in [0.4, 0.5) is 0 Å². The van der Waals surface area contributed by atoms with E-state index in [1.165, 1.54) is 6.07 Å². The van der Waals surface area contributed by atoms with E-state index in [2.05, 4.69) is 4.79 Å². The summed E-state index contributed by atoms with van der Waals surface area (Å²) in [6, 6.07) is 4.70. The molecule has 6 heteroatoms. The number of allylic oxidation sites excluding steroid dienone is 2. The Morgan fingerprint density at radius 1 is 1.38 bits per heavy atom. The summed E-state index contributed by atoms with van der Waals surface area (Å²) in [6.07, 6.45) is 3.81. The molecule has 1 aromatic rings. The van der Waals surface area contributed by atoms with Crippen molar-refractivity contribution in [1.29, 1.82) is 0 Å². The van der Waals surface area contributed by atoms with Gasteiger partial charge in [0.1, 0.15) is 0 Å². The second-order valence-electron chi connectivity index (χ2n) is 3.31. The van der Waals surface area contributed by atoms with Gasteiger partial charge in [-0.25, -0.2) is 8.42 Å². The molecular weight excluding hydrogens is 248 g/mol. The topological polar surface area (TPSA) is 70.5 Å². The highest BCUT2D eigenvalue weighted by Crippen LogP contribution is 2.26. The van der Waals surface area contributed by atoms with Crippen molar-refractivity contribution >= 4 is 25.4 Å². The molecule has 2 rings (SSSR count). The SMILES string of the molecule is [N-]=[N+]=C1C=CCc2c1cccc2S(=O)(=O)Cl. The van der Waals surface area contributed by atoms with Crippen LogP contribution in [0.15, 0.2) is 35.2 Å². The van der Waals surface area contributed by atoms with Gasteiger partial charge in [-0.05, 0) is 24.1 Å². The highest BCUT2D eigenvalue weighted by molar-refractivity contribution is 8.13. The zero-order chi connectivity index (χ0) is 11.8. The molecule has 0 atom stereocenters. The van der Waals surface area contributed by atoms with Crippen LogP contribution >= 0.6 is 10.7 Å². The summed E-state index contributed by atoms with van der Waals surface area (Å²) in [5.74, 6) is 0. The third kappa shape index (κ3) is 1.80. The van der Waals surface area contributed by atoms with E-state index in [0.717, 1.165) is 0 Å². The molecular formula is C10H7ClN2O2S. The Balaban J connectivity index is 2.78. The molecule has 0 amide bonds. The number of hydrogen-bond acceptors (Lipinski definition) is 2. The molecule has 1 aliphatic carbocycles. The van der Waals surface area contributed by atoms with Gasteiger partial charge in [-0.2, -0.15) is 4.79 Å². The first kappa shape index (κ1) is 11.1.